The smallest absolute Gasteiger partial charge is 0.231 e. The summed E-state index contributed by atoms with van der Waals surface area (Å²) >= 11 is 0. The normalized spacial score (nSPS) is 14.6. The predicted molar refractivity (Wildman–Crippen MR) is 116 cm³/mol. The summed E-state index contributed by atoms with van der Waals surface area (Å²) < 4.78 is 16.3. The second-order valence-electron chi connectivity index (χ2n) is 7.17. The Morgan fingerprint density at radius 1 is 1.23 bits per heavy atom. The van der Waals surface area contributed by atoms with Crippen molar-refractivity contribution in [2.75, 3.05) is 33.5 Å². The van der Waals surface area contributed by atoms with Crippen molar-refractivity contribution in [3.8, 4) is 11.5 Å². The van der Waals surface area contributed by atoms with Crippen molar-refractivity contribution in [1.82, 2.24) is 10.6 Å². The van der Waals surface area contributed by atoms with E-state index in [2.05, 4.69) is 49.4 Å². The molecule has 1 unspecified atom stereocenters. The standard InChI is InChI=1S/C19H31N3O3.HI/c1-6-20-18(22-12-17(23-5)19(2,3)4)21-10-9-14-7-8-15-16(11-14)25-13-24-15;/h7-8,11,17H,6,9-10,12-13H2,1-5H3,(H2,20,21,22);1H. The second kappa shape index (κ2) is 10.8. The summed E-state index contributed by atoms with van der Waals surface area (Å²) in [6.45, 7) is 11.1. The molecule has 0 saturated carbocycles. The first kappa shape index (κ1) is 22.8. The Morgan fingerprint density at radius 2 is 1.96 bits per heavy atom. The minimum Gasteiger partial charge on any atom is -0.454 e. The summed E-state index contributed by atoms with van der Waals surface area (Å²) in [6.07, 6.45) is 0.963. The molecule has 0 bridgehead atoms. The molecule has 0 aromatic heterocycles. The van der Waals surface area contributed by atoms with Gasteiger partial charge in [-0.15, -0.1) is 24.0 Å². The maximum absolute atomic E-state index is 5.57. The number of hydrogen-bond donors (Lipinski definition) is 2. The maximum Gasteiger partial charge on any atom is 0.231 e. The minimum absolute atomic E-state index is 0. The van der Waals surface area contributed by atoms with E-state index in [9.17, 15) is 0 Å². The first-order chi connectivity index (χ1) is 11.9. The molecule has 26 heavy (non-hydrogen) atoms. The molecule has 0 fully saturated rings. The monoisotopic (exact) mass is 477 g/mol. The highest BCUT2D eigenvalue weighted by molar-refractivity contribution is 14.0. The van der Waals surface area contributed by atoms with E-state index in [0.717, 1.165) is 37.0 Å². The van der Waals surface area contributed by atoms with Gasteiger partial charge in [-0.3, -0.25) is 4.99 Å². The van der Waals surface area contributed by atoms with Gasteiger partial charge in [-0.2, -0.15) is 0 Å². The van der Waals surface area contributed by atoms with Crippen LogP contribution in [0, 0.1) is 5.41 Å². The molecule has 2 rings (SSSR count). The van der Waals surface area contributed by atoms with Gasteiger partial charge in [-0.05, 0) is 36.5 Å². The summed E-state index contributed by atoms with van der Waals surface area (Å²) in [7, 11) is 1.74. The van der Waals surface area contributed by atoms with Crippen molar-refractivity contribution in [2.24, 2.45) is 10.4 Å². The van der Waals surface area contributed by atoms with Gasteiger partial charge in [-0.1, -0.05) is 26.8 Å². The van der Waals surface area contributed by atoms with Crippen LogP contribution in [-0.2, 0) is 11.2 Å². The van der Waals surface area contributed by atoms with Crippen molar-refractivity contribution < 1.29 is 14.2 Å². The van der Waals surface area contributed by atoms with Crippen LogP contribution in [0.3, 0.4) is 0 Å². The largest absolute Gasteiger partial charge is 0.454 e. The van der Waals surface area contributed by atoms with Gasteiger partial charge in [0.05, 0.1) is 12.6 Å². The van der Waals surface area contributed by atoms with Gasteiger partial charge in [0, 0.05) is 20.2 Å². The van der Waals surface area contributed by atoms with Crippen LogP contribution in [0.25, 0.3) is 0 Å². The fourth-order valence-corrected chi connectivity index (χ4v) is 2.64. The van der Waals surface area contributed by atoms with Gasteiger partial charge < -0.3 is 24.8 Å². The molecule has 2 N–H and O–H groups in total. The molecule has 1 aliphatic rings. The molecule has 0 radical (unpaired) electrons. The Bertz CT molecular complexity index is 588. The van der Waals surface area contributed by atoms with E-state index in [1.165, 1.54) is 5.56 Å². The van der Waals surface area contributed by atoms with Crippen molar-refractivity contribution in [3.63, 3.8) is 0 Å². The van der Waals surface area contributed by atoms with Gasteiger partial charge in [0.1, 0.15) is 0 Å². The molecule has 0 aliphatic carbocycles. The molecule has 6 nitrogen and oxygen atoms in total. The van der Waals surface area contributed by atoms with Crippen LogP contribution in [-0.4, -0.2) is 45.6 Å². The lowest BCUT2D eigenvalue weighted by molar-refractivity contribution is 0.0241. The van der Waals surface area contributed by atoms with Gasteiger partial charge in [0.15, 0.2) is 17.5 Å². The van der Waals surface area contributed by atoms with E-state index in [0.29, 0.717) is 13.3 Å². The Balaban J connectivity index is 0.00000338. The fraction of sp³-hybridized carbons (Fsp3) is 0.632. The van der Waals surface area contributed by atoms with Gasteiger partial charge in [0.25, 0.3) is 0 Å². The number of halogens is 1. The number of nitrogens with zero attached hydrogens (tertiary/aromatic N) is 1. The highest BCUT2D eigenvalue weighted by atomic mass is 127. The molecule has 148 valence electrons. The molecule has 1 atom stereocenters. The van der Waals surface area contributed by atoms with E-state index < -0.39 is 0 Å². The number of rotatable bonds is 7. The molecule has 7 heteroatoms. The molecule has 1 aromatic rings. The zero-order chi connectivity index (χ0) is 18.3. The molecular weight excluding hydrogens is 445 g/mol. The molecule has 0 spiro atoms. The first-order valence-electron chi connectivity index (χ1n) is 8.87. The van der Waals surface area contributed by atoms with Crippen LogP contribution >= 0.6 is 24.0 Å². The number of fused-ring (bicyclic) bond motifs is 1. The van der Waals surface area contributed by atoms with Gasteiger partial charge in [-0.25, -0.2) is 0 Å². The number of ether oxygens (including phenoxy) is 3. The number of hydrogen-bond acceptors (Lipinski definition) is 4. The number of methoxy groups -OCH3 is 1. The third kappa shape index (κ3) is 6.83. The Kier molecular flexibility index (Phi) is 9.49. The Morgan fingerprint density at radius 3 is 2.62 bits per heavy atom. The summed E-state index contributed by atoms with van der Waals surface area (Å²) in [4.78, 5) is 4.66. The number of benzene rings is 1. The van der Waals surface area contributed by atoms with E-state index in [-0.39, 0.29) is 35.5 Å². The van der Waals surface area contributed by atoms with E-state index in [4.69, 9.17) is 14.2 Å². The molecule has 1 heterocycles. The summed E-state index contributed by atoms with van der Waals surface area (Å²) in [6, 6.07) is 6.07. The summed E-state index contributed by atoms with van der Waals surface area (Å²) in [5.41, 5.74) is 1.26. The Labute approximate surface area is 174 Å². The first-order valence-corrected chi connectivity index (χ1v) is 8.87. The molecule has 0 saturated heterocycles. The van der Waals surface area contributed by atoms with Crippen LogP contribution in [0.5, 0.6) is 11.5 Å². The third-order valence-corrected chi connectivity index (χ3v) is 4.15. The molecule has 1 aliphatic heterocycles. The lowest BCUT2D eigenvalue weighted by Crippen LogP contribution is -2.40. The van der Waals surface area contributed by atoms with Crippen LogP contribution in [0.4, 0.5) is 0 Å². The average Bonchev–Trinajstić information content (AvgIpc) is 3.01. The van der Waals surface area contributed by atoms with Crippen molar-refractivity contribution in [2.45, 2.75) is 40.2 Å². The third-order valence-electron chi connectivity index (χ3n) is 4.15. The van der Waals surface area contributed by atoms with Crippen LogP contribution in [0.2, 0.25) is 0 Å². The summed E-state index contributed by atoms with van der Waals surface area (Å²) in [5.74, 6) is 2.46. The number of guanidine groups is 1. The fourth-order valence-electron chi connectivity index (χ4n) is 2.64. The number of nitrogens with one attached hydrogen (secondary N) is 2. The topological polar surface area (TPSA) is 64.1 Å². The lowest BCUT2D eigenvalue weighted by atomic mass is 9.89. The predicted octanol–water partition coefficient (Wildman–Crippen LogP) is 3.19. The highest BCUT2D eigenvalue weighted by Crippen LogP contribution is 2.32. The van der Waals surface area contributed by atoms with E-state index >= 15 is 0 Å². The van der Waals surface area contributed by atoms with Crippen molar-refractivity contribution in [1.29, 1.82) is 0 Å². The van der Waals surface area contributed by atoms with E-state index in [1.807, 2.05) is 12.1 Å². The average molecular weight is 477 g/mol. The zero-order valence-corrected chi connectivity index (χ0v) is 18.8. The second-order valence-corrected chi connectivity index (χ2v) is 7.17. The maximum atomic E-state index is 5.57. The highest BCUT2D eigenvalue weighted by Gasteiger charge is 2.24. The SMILES string of the molecule is CCNC(=NCC(OC)C(C)(C)C)NCCc1ccc2c(c1)OCO2.I. The minimum atomic E-state index is 0. The van der Waals surface area contributed by atoms with Crippen molar-refractivity contribution in [3.05, 3.63) is 23.8 Å². The summed E-state index contributed by atoms with van der Waals surface area (Å²) in [5, 5.41) is 6.66. The Hall–Kier alpha value is -1.22. The zero-order valence-electron chi connectivity index (χ0n) is 16.4. The van der Waals surface area contributed by atoms with Crippen LogP contribution in [0.15, 0.2) is 23.2 Å². The van der Waals surface area contributed by atoms with Crippen LogP contribution in [0.1, 0.15) is 33.3 Å². The number of aliphatic imine (C=N–C) groups is 1. The molecule has 1 aromatic carbocycles. The van der Waals surface area contributed by atoms with Gasteiger partial charge >= 0.3 is 0 Å². The van der Waals surface area contributed by atoms with E-state index in [1.54, 1.807) is 7.11 Å². The molecular formula is C19H32IN3O3. The molecule has 0 amide bonds. The quantitative estimate of drug-likeness (QED) is 0.359. The van der Waals surface area contributed by atoms with Crippen molar-refractivity contribution >= 4 is 29.9 Å². The lowest BCUT2D eigenvalue weighted by Gasteiger charge is -2.28. The van der Waals surface area contributed by atoms with Gasteiger partial charge in [0.2, 0.25) is 6.79 Å². The van der Waals surface area contributed by atoms with Crippen LogP contribution < -0.4 is 20.1 Å².